The number of hydrogen-bond acceptors (Lipinski definition) is 0. The van der Waals surface area contributed by atoms with Gasteiger partial charge in [0.1, 0.15) is 0 Å². The van der Waals surface area contributed by atoms with Gasteiger partial charge in [0.15, 0.2) is 0 Å². The third-order valence-electron chi connectivity index (χ3n) is 4.17. The maximum Gasteiger partial charge on any atom is 2.00 e. The third kappa shape index (κ3) is 12.2. The maximum absolute atomic E-state index is 5.01. The first-order chi connectivity index (χ1) is 14.4. The van der Waals surface area contributed by atoms with Crippen molar-refractivity contribution in [1.82, 2.24) is 0 Å². The van der Waals surface area contributed by atoms with Gasteiger partial charge in [-0.25, -0.2) is 12.2 Å². The molecule has 0 nitrogen and oxygen atoms in total. The van der Waals surface area contributed by atoms with Crippen LogP contribution in [0.5, 0.6) is 0 Å². The summed E-state index contributed by atoms with van der Waals surface area (Å²) in [4.78, 5) is 0. The summed E-state index contributed by atoms with van der Waals surface area (Å²) in [5.74, 6) is 0. The Morgan fingerprint density at radius 3 is 1.72 bits per heavy atom. The summed E-state index contributed by atoms with van der Waals surface area (Å²) >= 11 is 0. The Labute approximate surface area is 221 Å². The standard InChI is InChI=1S/C13H9.C6H5.C5H5.C5H9.2ClH.Ti/c1-3-7-12-10(5-1)9-11-6-2-4-8-13(11)12;1-2-4-6-5-3-1;1-2-4-5-3-1;1-3-5-4-2;;;/h1-9H;1-5H;1-3H,4H2;1,3H,4-5H2,2H3;2*1H;/q4*-1;;;+2/p-2. The molecule has 4 aromatic rings. The van der Waals surface area contributed by atoms with Gasteiger partial charge in [0, 0.05) is 0 Å². The van der Waals surface area contributed by atoms with E-state index in [2.05, 4.69) is 79.7 Å². The SMILES string of the molecule is [C-]1=CC=CC1.[CH-]=CCCC.[Cl-].[Cl-].[Ti+2].[c-]1ccccc1.c1ccc2c(c1)[cH-]c1ccccc12. The number of hydrogen-bond donors (Lipinski definition) is 0. The van der Waals surface area contributed by atoms with Crippen LogP contribution in [0, 0.1) is 18.7 Å². The molecule has 0 bridgehead atoms. The molecule has 4 aromatic carbocycles. The number of unbranched alkanes of at least 4 members (excludes halogenated alkanes) is 1. The van der Waals surface area contributed by atoms with Crippen molar-refractivity contribution in [3.05, 3.63) is 128 Å². The molecule has 5 rings (SSSR count). The first-order valence-corrected chi connectivity index (χ1v) is 10.1. The molecule has 1 aliphatic carbocycles. The number of fused-ring (bicyclic) bond motifs is 3. The summed E-state index contributed by atoms with van der Waals surface area (Å²) in [6.45, 7) is 7.11. The first kappa shape index (κ1) is 32.2. The van der Waals surface area contributed by atoms with Crippen molar-refractivity contribution in [2.24, 2.45) is 0 Å². The minimum atomic E-state index is 0. The molecule has 0 aliphatic heterocycles. The molecule has 0 N–H and O–H groups in total. The van der Waals surface area contributed by atoms with Gasteiger partial charge in [-0.1, -0.05) is 56.2 Å². The number of benzene rings is 3. The molecule has 0 spiro atoms. The van der Waals surface area contributed by atoms with Gasteiger partial charge >= 0.3 is 21.7 Å². The van der Waals surface area contributed by atoms with E-state index in [4.69, 9.17) is 6.58 Å². The van der Waals surface area contributed by atoms with Crippen molar-refractivity contribution in [2.45, 2.75) is 26.2 Å². The van der Waals surface area contributed by atoms with Crippen LogP contribution in [-0.2, 0) is 21.7 Å². The van der Waals surface area contributed by atoms with Crippen molar-refractivity contribution in [3.8, 4) is 0 Å². The molecule has 3 heteroatoms. The first-order valence-electron chi connectivity index (χ1n) is 10.1. The molecule has 0 amide bonds. The monoisotopic (exact) mass is 494 g/mol. The van der Waals surface area contributed by atoms with Crippen molar-refractivity contribution in [2.75, 3.05) is 0 Å². The average Bonchev–Trinajstić information content (AvgIpc) is 3.48. The zero-order valence-corrected chi connectivity index (χ0v) is 21.4. The van der Waals surface area contributed by atoms with Gasteiger partial charge in [-0.15, -0.1) is 46.2 Å². The van der Waals surface area contributed by atoms with Gasteiger partial charge in [0.05, 0.1) is 0 Å². The van der Waals surface area contributed by atoms with Crippen molar-refractivity contribution in [1.29, 1.82) is 0 Å². The van der Waals surface area contributed by atoms with E-state index in [0.717, 1.165) is 19.3 Å². The van der Waals surface area contributed by atoms with Crippen molar-refractivity contribution >= 4 is 21.5 Å². The molecule has 0 saturated carbocycles. The van der Waals surface area contributed by atoms with Gasteiger partial charge in [-0.05, 0) is 0 Å². The van der Waals surface area contributed by atoms with Crippen LogP contribution in [0.3, 0.4) is 0 Å². The van der Waals surface area contributed by atoms with Crippen LogP contribution in [0.1, 0.15) is 26.2 Å². The summed E-state index contributed by atoms with van der Waals surface area (Å²) in [5.41, 5.74) is 0. The Morgan fingerprint density at radius 2 is 1.44 bits per heavy atom. The zero-order valence-electron chi connectivity index (χ0n) is 18.3. The predicted octanol–water partition coefficient (Wildman–Crippen LogP) is 2.29. The summed E-state index contributed by atoms with van der Waals surface area (Å²) in [5, 5.41) is 5.39. The van der Waals surface area contributed by atoms with E-state index < -0.39 is 0 Å². The smallest absolute Gasteiger partial charge is 1.00 e. The Bertz CT molecular complexity index is 930. The Balaban J connectivity index is 0. The summed E-state index contributed by atoms with van der Waals surface area (Å²) < 4.78 is 0. The second-order valence-electron chi connectivity index (χ2n) is 6.42. The fourth-order valence-electron chi connectivity index (χ4n) is 2.75. The maximum atomic E-state index is 5.01. The van der Waals surface area contributed by atoms with Gasteiger partial charge in [0.2, 0.25) is 0 Å². The van der Waals surface area contributed by atoms with E-state index >= 15 is 0 Å². The van der Waals surface area contributed by atoms with Crippen LogP contribution < -0.4 is 24.8 Å². The molecule has 166 valence electrons. The van der Waals surface area contributed by atoms with E-state index in [-0.39, 0.29) is 46.5 Å². The van der Waals surface area contributed by atoms with E-state index in [1.165, 1.54) is 21.5 Å². The Morgan fingerprint density at radius 1 is 0.875 bits per heavy atom. The van der Waals surface area contributed by atoms with Crippen LogP contribution in [-0.4, -0.2) is 0 Å². The number of allylic oxidation sites excluding steroid dienone is 5. The largest absolute Gasteiger partial charge is 2.00 e. The van der Waals surface area contributed by atoms with E-state index in [9.17, 15) is 0 Å². The molecule has 0 unspecified atom stereocenters. The molecule has 0 radical (unpaired) electrons. The predicted molar refractivity (Wildman–Crippen MR) is 128 cm³/mol. The number of halogens is 2. The molecule has 0 heterocycles. The molecule has 1 aliphatic rings. The summed E-state index contributed by atoms with van der Waals surface area (Å²) in [6.07, 6.45) is 13.9. The van der Waals surface area contributed by atoms with Gasteiger partial charge in [0.25, 0.3) is 0 Å². The molecule has 0 atom stereocenters. The molecule has 0 aromatic heterocycles. The fourth-order valence-corrected chi connectivity index (χ4v) is 2.75. The zero-order chi connectivity index (χ0) is 20.6. The third-order valence-corrected chi connectivity index (χ3v) is 4.17. The quantitative estimate of drug-likeness (QED) is 0.296. The second kappa shape index (κ2) is 20.9. The summed E-state index contributed by atoms with van der Waals surface area (Å²) in [7, 11) is 0. The van der Waals surface area contributed by atoms with Gasteiger partial charge in [-0.3, -0.25) is 12.2 Å². The normalized spacial score (nSPS) is 9.91. The fraction of sp³-hybridized carbons (Fsp3) is 0.138. The van der Waals surface area contributed by atoms with Crippen LogP contribution in [0.25, 0.3) is 21.5 Å². The molecule has 32 heavy (non-hydrogen) atoms. The Hall–Kier alpha value is -1.96. The molecule has 0 fully saturated rings. The number of rotatable bonds is 2. The average molecular weight is 495 g/mol. The molecule has 0 saturated heterocycles. The summed E-state index contributed by atoms with van der Waals surface area (Å²) in [6, 6.07) is 31.8. The van der Waals surface area contributed by atoms with Crippen LogP contribution in [0.15, 0.2) is 109 Å². The minimum absolute atomic E-state index is 0. The minimum Gasteiger partial charge on any atom is -1.00 e. The van der Waals surface area contributed by atoms with Crippen molar-refractivity contribution in [3.63, 3.8) is 0 Å². The van der Waals surface area contributed by atoms with Crippen LogP contribution in [0.4, 0.5) is 0 Å². The van der Waals surface area contributed by atoms with Gasteiger partial charge in [-0.2, -0.15) is 42.5 Å². The Kier molecular flexibility index (Phi) is 21.1. The molecular formula is C29H28Cl2Ti-4. The second-order valence-corrected chi connectivity index (χ2v) is 6.42. The van der Waals surface area contributed by atoms with Crippen molar-refractivity contribution < 1.29 is 46.5 Å². The van der Waals surface area contributed by atoms with E-state index in [1.54, 1.807) is 6.08 Å². The topological polar surface area (TPSA) is 0 Å². The molecular weight excluding hydrogens is 467 g/mol. The van der Waals surface area contributed by atoms with Crippen LogP contribution >= 0.6 is 0 Å². The van der Waals surface area contributed by atoms with E-state index in [0.29, 0.717) is 0 Å². The van der Waals surface area contributed by atoms with Crippen LogP contribution in [0.2, 0.25) is 0 Å². The van der Waals surface area contributed by atoms with E-state index in [1.807, 2.05) is 42.5 Å². The van der Waals surface area contributed by atoms with Gasteiger partial charge < -0.3 is 31.4 Å².